The fourth-order valence-corrected chi connectivity index (χ4v) is 0. The summed E-state index contributed by atoms with van der Waals surface area (Å²) in [6, 6.07) is 0. The predicted molar refractivity (Wildman–Crippen MR) is 109 cm³/mol. The summed E-state index contributed by atoms with van der Waals surface area (Å²) < 4.78 is 17.6. The van der Waals surface area contributed by atoms with Crippen LogP contribution in [-0.2, 0) is 0 Å². The Morgan fingerprint density at radius 1 is 1.28 bits per heavy atom. The molecule has 3 nitrogen and oxygen atoms in total. The Morgan fingerprint density at radius 3 is 1.28 bits per heavy atom. The van der Waals surface area contributed by atoms with Gasteiger partial charge in [-0.25, -0.2) is 1.37 Å². The van der Waals surface area contributed by atoms with Crippen LogP contribution >= 0.6 is 18.5 Å². The third-order valence-electron chi connectivity index (χ3n) is 0. The Balaban J connectivity index is -0.00000000277. The second-order valence-corrected chi connectivity index (χ2v) is 1.22. The topological polar surface area (TPSA) is 87.0 Å². The third-order valence-corrected chi connectivity index (χ3v) is 0. The molecule has 2 atom stereocenters. The van der Waals surface area contributed by atoms with E-state index >= 15 is 0 Å². The van der Waals surface area contributed by atoms with Gasteiger partial charge in [0.2, 0.25) is 0 Å². The standard InChI is InChI=1S/C2H7P.2CH5N.CH5P.5CH4.CH3.Mg.H3N.Na.H2/c1-2-3;3*1-2;;;;;;;;;;/h2-3H2,1H3;3*2H2,1H3;5*1H4;1H3;;1H3;;1H/q;;;;;;;;;-1;+2;;+1;/i;;;1T;;;;;;1D;;;;1+1/hD. The summed E-state index contributed by atoms with van der Waals surface area (Å²) in [5, 5.41) is 0. The Bertz CT molecular complexity index is 50.1. The van der Waals surface area contributed by atoms with E-state index in [1.54, 1.807) is 7.05 Å². The second-order valence-electron chi connectivity index (χ2n) is 0.408. The van der Waals surface area contributed by atoms with E-state index in [1.807, 2.05) is 5.73 Å². The van der Waals surface area contributed by atoms with E-state index in [0.717, 1.165) is 0 Å². The van der Waals surface area contributed by atoms with Gasteiger partial charge >= 0.3 is 52.6 Å². The first-order chi connectivity index (χ1) is 6.24. The fourth-order valence-electron chi connectivity index (χ4n) is 0. The molecule has 2 unspecified atom stereocenters. The molecule has 0 saturated heterocycles. The molecule has 0 radical (unpaired) electrons. The molecule has 0 aromatic carbocycles. The quantitative estimate of drug-likeness (QED) is 0.352. The van der Waals surface area contributed by atoms with Crippen molar-refractivity contribution in [1.82, 2.24) is 6.15 Å². The zero-order chi connectivity index (χ0) is 12.1. The summed E-state index contributed by atoms with van der Waals surface area (Å²) in [5.74, 6) is 0. The van der Waals surface area contributed by atoms with Crippen LogP contribution < -0.4 is 47.2 Å². The van der Waals surface area contributed by atoms with Gasteiger partial charge in [-0.3, -0.25) is 0 Å². The predicted octanol–water partition coefficient (Wildman–Crippen LogP) is 1.18. The molecule has 18 heavy (non-hydrogen) atoms. The Kier molecular flexibility index (Phi) is 2130. The summed E-state index contributed by atoms with van der Waals surface area (Å²) in [5.41, 5.74) is 6.50. The molecule has 0 aliphatic rings. The molecule has 0 aromatic rings. The van der Waals surface area contributed by atoms with Crippen LogP contribution in [-0.4, -0.2) is 50.0 Å². The maximum Gasteiger partial charge on any atom is 2.00 e. The van der Waals surface area contributed by atoms with Crippen molar-refractivity contribution in [2.75, 3.05) is 26.9 Å². The Hall–Kier alpha value is 2.51. The van der Waals surface area contributed by atoms with Crippen molar-refractivity contribution >= 4 is 41.5 Å². The van der Waals surface area contributed by atoms with Crippen molar-refractivity contribution in [2.45, 2.75) is 44.1 Å². The molecule has 7 heteroatoms. The molecule has 0 fully saturated rings. The number of hydrogen-bond acceptors (Lipinski definition) is 3. The van der Waals surface area contributed by atoms with E-state index in [1.165, 1.54) is 13.2 Å². The SMILES string of the molecule is C.C.C.C.C.CCP.CN.N.[2HH].[2H]NC.[2H][CH2-].[3H]CP.[Mg+2].[Na+]. The van der Waals surface area contributed by atoms with Crippen LogP contribution in [0.25, 0.3) is 0 Å². The van der Waals surface area contributed by atoms with E-state index in [9.17, 15) is 0 Å². The molecule has 0 amide bonds. The maximum atomic E-state index is 6.17. The summed E-state index contributed by atoms with van der Waals surface area (Å²) in [4.78, 5) is 0. The first-order valence-electron chi connectivity index (χ1n) is 4.52. The molecule has 120 valence electrons. The van der Waals surface area contributed by atoms with Crippen molar-refractivity contribution in [3.05, 3.63) is 7.40 Å². The minimum atomic E-state index is 0. The molecule has 0 heterocycles. The van der Waals surface area contributed by atoms with Crippen molar-refractivity contribution in [1.29, 1.82) is 0 Å². The minimum absolute atomic E-state index is 0. The van der Waals surface area contributed by atoms with Crippen LogP contribution in [0.15, 0.2) is 0 Å². The monoisotopic (exact) mass is 338 g/mol. The average Bonchev–Trinajstić information content (AvgIpc) is 2.14. The van der Waals surface area contributed by atoms with E-state index in [2.05, 4.69) is 38.5 Å². The molecule has 0 bridgehead atoms. The molecule has 0 aliphatic heterocycles. The van der Waals surface area contributed by atoms with Gasteiger partial charge in [-0.2, -0.15) is 0 Å². The van der Waals surface area contributed by atoms with Crippen molar-refractivity contribution in [2.24, 2.45) is 11.5 Å². The second kappa shape index (κ2) is 543. The van der Waals surface area contributed by atoms with Gasteiger partial charge in [-0.1, -0.05) is 50.7 Å². The minimum Gasteiger partial charge on any atom is -0.358 e. The van der Waals surface area contributed by atoms with Crippen LogP contribution in [0.4, 0.5) is 0 Å². The van der Waals surface area contributed by atoms with Gasteiger partial charge in [0.05, 0.1) is 0 Å². The Morgan fingerprint density at radius 2 is 1.28 bits per heavy atom. The first kappa shape index (κ1) is 70.7. The molecule has 0 aromatic heterocycles. The molecule has 0 rings (SSSR count). The molecule has 7 N–H and O–H groups in total. The van der Waals surface area contributed by atoms with Gasteiger partial charge in [0.25, 0.3) is 0 Å². The van der Waals surface area contributed by atoms with Crippen LogP contribution in [0.1, 0.15) is 48.2 Å². The van der Waals surface area contributed by atoms with Gasteiger partial charge in [0.1, 0.15) is 1.41 Å². The third kappa shape index (κ3) is 903. The zero-order valence-electron chi connectivity index (χ0n) is 12.8. The molecule has 0 spiro atoms. The number of nitrogens with two attached hydrogens (primary N) is 2. The van der Waals surface area contributed by atoms with Crippen molar-refractivity contribution in [3.63, 3.8) is 0 Å². The summed E-state index contributed by atoms with van der Waals surface area (Å²) in [7, 11) is 10.4. The van der Waals surface area contributed by atoms with Crippen LogP contribution in [0.2, 0.25) is 1.41 Å². The smallest absolute Gasteiger partial charge is 0.358 e. The normalized spacial score (nSPS) is 3.83. The Labute approximate surface area is 171 Å². The van der Waals surface area contributed by atoms with Gasteiger partial charge in [0, 0.05) is 2.80 Å². The fraction of sp³-hybridized carbons (Fsp3) is 0.909. The van der Waals surface area contributed by atoms with Crippen molar-refractivity contribution < 1.29 is 35.1 Å². The van der Waals surface area contributed by atoms with Crippen LogP contribution in [0.3, 0.4) is 0 Å². The van der Waals surface area contributed by atoms with E-state index in [0.29, 0.717) is 6.64 Å². The molecule has 0 saturated carbocycles. The van der Waals surface area contributed by atoms with Crippen LogP contribution in [0, 0.1) is 7.40 Å². The van der Waals surface area contributed by atoms with E-state index < -0.39 is 0 Å². The summed E-state index contributed by atoms with van der Waals surface area (Å²) in [6.07, 6.45) is 1.17. The summed E-state index contributed by atoms with van der Waals surface area (Å²) in [6.45, 7) is 2.50. The molecule has 0 aliphatic carbocycles. The number of hydrogen-bond donors (Lipinski definition) is 3. The number of rotatable bonds is 0. The maximum absolute atomic E-state index is 6.17. The molecular weight excluding hydrogens is 283 g/mol. The first-order valence-corrected chi connectivity index (χ1v) is 4.23. The molecular formula is C11H50MgN3NaP2+2. The van der Waals surface area contributed by atoms with Crippen molar-refractivity contribution in [3.8, 4) is 0 Å². The van der Waals surface area contributed by atoms with E-state index in [4.69, 9.17) is 4.15 Å². The summed E-state index contributed by atoms with van der Waals surface area (Å²) >= 11 is 0. The van der Waals surface area contributed by atoms with Gasteiger partial charge in [-0.05, 0) is 20.3 Å². The van der Waals surface area contributed by atoms with E-state index in [-0.39, 0.29) is 97.3 Å². The van der Waals surface area contributed by atoms with Gasteiger partial charge in [-0.15, -0.1) is 18.5 Å². The zero-order valence-corrected chi connectivity index (χ0v) is 15.5. The van der Waals surface area contributed by atoms with Gasteiger partial charge < -0.3 is 25.0 Å². The van der Waals surface area contributed by atoms with Crippen LogP contribution in [0.5, 0.6) is 0 Å². The largest absolute Gasteiger partial charge is 2.00 e. The van der Waals surface area contributed by atoms with Gasteiger partial charge in [0.15, 0.2) is 0 Å². The average molecular weight is 339 g/mol.